The zero-order valence-corrected chi connectivity index (χ0v) is 19.0. The molecule has 0 bridgehead atoms. The Balaban J connectivity index is 1.75. The van der Waals surface area contributed by atoms with Crippen LogP contribution < -0.4 is 4.74 Å². The molecule has 32 heavy (non-hydrogen) atoms. The number of ketones is 1. The highest BCUT2D eigenvalue weighted by molar-refractivity contribution is 5.99. The van der Waals surface area contributed by atoms with Crippen molar-refractivity contribution in [1.29, 1.82) is 0 Å². The average Bonchev–Trinajstić information content (AvgIpc) is 3.34. The molecule has 1 aliphatic rings. The molecule has 0 N–H and O–H groups in total. The minimum absolute atomic E-state index is 0.0875. The molecule has 0 radical (unpaired) electrons. The van der Waals surface area contributed by atoms with Gasteiger partial charge in [-0.15, -0.1) is 0 Å². The SMILES string of the molecule is CCCOC(CC)c1c(O[C@H](Cn2ccnc2)c2ccccc2)ccc2c1CCCC2=O. The Bertz CT molecular complexity index is 1010. The van der Waals surface area contributed by atoms with Crippen LogP contribution in [0.15, 0.2) is 61.2 Å². The van der Waals surface area contributed by atoms with Crippen LogP contribution in [0.3, 0.4) is 0 Å². The molecule has 3 aromatic rings. The predicted molar refractivity (Wildman–Crippen MR) is 125 cm³/mol. The molecule has 4 rings (SSSR count). The van der Waals surface area contributed by atoms with Gasteiger partial charge in [0.15, 0.2) is 5.78 Å². The monoisotopic (exact) mass is 432 g/mol. The van der Waals surface area contributed by atoms with Crippen LogP contribution in [0.5, 0.6) is 5.75 Å². The lowest BCUT2D eigenvalue weighted by Crippen LogP contribution is -2.20. The maximum absolute atomic E-state index is 12.6. The number of imidazole rings is 1. The highest BCUT2D eigenvalue weighted by atomic mass is 16.5. The number of carbonyl (C=O) groups excluding carboxylic acids is 1. The summed E-state index contributed by atoms with van der Waals surface area (Å²) in [5.41, 5.74) is 4.10. The fourth-order valence-corrected chi connectivity index (χ4v) is 4.47. The molecule has 0 amide bonds. The first kappa shape index (κ1) is 22.3. The van der Waals surface area contributed by atoms with E-state index in [1.165, 1.54) is 0 Å². The molecular formula is C27H32N2O3. The summed E-state index contributed by atoms with van der Waals surface area (Å²) in [6.45, 7) is 5.58. The van der Waals surface area contributed by atoms with E-state index in [2.05, 4.69) is 31.0 Å². The first-order valence-electron chi connectivity index (χ1n) is 11.7. The van der Waals surface area contributed by atoms with Crippen LogP contribution in [0.25, 0.3) is 0 Å². The number of carbonyl (C=O) groups is 1. The van der Waals surface area contributed by atoms with Crippen molar-refractivity contribution in [3.63, 3.8) is 0 Å². The number of Topliss-reactive ketones (excluding diaryl/α,β-unsaturated/α-hetero) is 1. The average molecular weight is 433 g/mol. The van der Waals surface area contributed by atoms with Crippen molar-refractivity contribution in [2.75, 3.05) is 6.61 Å². The Morgan fingerprint density at radius 1 is 1.06 bits per heavy atom. The number of nitrogens with zero attached hydrogens (tertiary/aromatic N) is 2. The summed E-state index contributed by atoms with van der Waals surface area (Å²) >= 11 is 0. The van der Waals surface area contributed by atoms with Gasteiger partial charge < -0.3 is 14.0 Å². The van der Waals surface area contributed by atoms with Crippen LogP contribution in [-0.2, 0) is 17.7 Å². The van der Waals surface area contributed by atoms with Gasteiger partial charge in [0.25, 0.3) is 0 Å². The number of hydrogen-bond acceptors (Lipinski definition) is 4. The van der Waals surface area contributed by atoms with Crippen molar-refractivity contribution in [3.05, 3.63) is 83.4 Å². The van der Waals surface area contributed by atoms with E-state index in [1.807, 2.05) is 47.4 Å². The Hall–Kier alpha value is -2.92. The van der Waals surface area contributed by atoms with Crippen LogP contribution in [0.4, 0.5) is 0 Å². The second-order valence-corrected chi connectivity index (χ2v) is 8.32. The number of benzene rings is 2. The molecule has 0 fully saturated rings. The van der Waals surface area contributed by atoms with Crippen molar-refractivity contribution in [2.24, 2.45) is 0 Å². The van der Waals surface area contributed by atoms with Crippen molar-refractivity contribution >= 4 is 5.78 Å². The third-order valence-electron chi connectivity index (χ3n) is 6.04. The molecule has 0 saturated carbocycles. The van der Waals surface area contributed by atoms with E-state index in [4.69, 9.17) is 9.47 Å². The summed E-state index contributed by atoms with van der Waals surface area (Å²) in [5.74, 6) is 1.04. The Labute approximate surface area is 190 Å². The zero-order valence-electron chi connectivity index (χ0n) is 19.0. The summed E-state index contributed by atoms with van der Waals surface area (Å²) in [4.78, 5) is 16.8. The van der Waals surface area contributed by atoms with E-state index in [-0.39, 0.29) is 18.0 Å². The number of rotatable bonds is 10. The highest BCUT2D eigenvalue weighted by Gasteiger charge is 2.28. The molecule has 1 aromatic heterocycles. The van der Waals surface area contributed by atoms with Gasteiger partial charge >= 0.3 is 0 Å². The molecule has 5 heteroatoms. The summed E-state index contributed by atoms with van der Waals surface area (Å²) in [5, 5.41) is 0. The second kappa shape index (κ2) is 10.6. The van der Waals surface area contributed by atoms with E-state index in [0.717, 1.165) is 53.7 Å². The molecule has 0 spiro atoms. The van der Waals surface area contributed by atoms with Gasteiger partial charge in [-0.2, -0.15) is 0 Å². The van der Waals surface area contributed by atoms with E-state index >= 15 is 0 Å². The topological polar surface area (TPSA) is 53.4 Å². The quantitative estimate of drug-likeness (QED) is 0.388. The molecule has 5 nitrogen and oxygen atoms in total. The zero-order chi connectivity index (χ0) is 22.3. The number of fused-ring (bicyclic) bond motifs is 1. The van der Waals surface area contributed by atoms with E-state index in [0.29, 0.717) is 19.6 Å². The van der Waals surface area contributed by atoms with E-state index in [1.54, 1.807) is 6.20 Å². The summed E-state index contributed by atoms with van der Waals surface area (Å²) < 4.78 is 15.0. The lowest BCUT2D eigenvalue weighted by Gasteiger charge is -2.29. The van der Waals surface area contributed by atoms with Gasteiger partial charge in [0, 0.05) is 36.5 Å². The number of aromatic nitrogens is 2. The molecule has 168 valence electrons. The molecule has 0 saturated heterocycles. The van der Waals surface area contributed by atoms with Gasteiger partial charge in [0.05, 0.1) is 19.0 Å². The van der Waals surface area contributed by atoms with Crippen molar-refractivity contribution in [2.45, 2.75) is 64.7 Å². The van der Waals surface area contributed by atoms with Crippen LogP contribution in [0.1, 0.15) is 78.8 Å². The number of hydrogen-bond donors (Lipinski definition) is 0. The summed E-state index contributed by atoms with van der Waals surface area (Å²) in [6, 6.07) is 14.2. The molecule has 0 aliphatic heterocycles. The summed E-state index contributed by atoms with van der Waals surface area (Å²) in [7, 11) is 0. The number of ether oxygens (including phenoxy) is 2. The lowest BCUT2D eigenvalue weighted by atomic mass is 9.84. The molecule has 1 aliphatic carbocycles. The minimum atomic E-state index is -0.190. The summed E-state index contributed by atoms with van der Waals surface area (Å²) in [6.07, 6.45) is 9.43. The van der Waals surface area contributed by atoms with Gasteiger partial charge in [-0.05, 0) is 48.9 Å². The van der Waals surface area contributed by atoms with Gasteiger partial charge in [0.1, 0.15) is 11.9 Å². The third kappa shape index (κ3) is 4.94. The van der Waals surface area contributed by atoms with Crippen molar-refractivity contribution < 1.29 is 14.3 Å². The molecule has 1 heterocycles. The fraction of sp³-hybridized carbons (Fsp3) is 0.407. The third-order valence-corrected chi connectivity index (χ3v) is 6.04. The van der Waals surface area contributed by atoms with Gasteiger partial charge in [-0.25, -0.2) is 4.98 Å². The standard InChI is InChI=1S/C27H32N2O3/c1-3-17-31-24(4-2)27-22-11-8-12-23(30)21(22)13-14-25(27)32-26(18-29-16-15-28-19-29)20-9-6-5-7-10-20/h5-7,9-10,13-16,19,24,26H,3-4,8,11-12,17-18H2,1-2H3/t24?,26-/m1/s1. The van der Waals surface area contributed by atoms with Crippen LogP contribution in [0.2, 0.25) is 0 Å². The minimum Gasteiger partial charge on any atom is -0.483 e. The van der Waals surface area contributed by atoms with Gasteiger partial charge in [-0.1, -0.05) is 44.2 Å². The smallest absolute Gasteiger partial charge is 0.163 e. The maximum atomic E-state index is 12.6. The predicted octanol–water partition coefficient (Wildman–Crippen LogP) is 6.10. The van der Waals surface area contributed by atoms with Crippen LogP contribution in [-0.4, -0.2) is 21.9 Å². The first-order valence-corrected chi connectivity index (χ1v) is 11.7. The fourth-order valence-electron chi connectivity index (χ4n) is 4.47. The Morgan fingerprint density at radius 2 is 1.91 bits per heavy atom. The molecule has 1 unspecified atom stereocenters. The van der Waals surface area contributed by atoms with E-state index in [9.17, 15) is 4.79 Å². The normalized spacial score (nSPS) is 15.2. The van der Waals surface area contributed by atoms with Crippen LogP contribution in [0, 0.1) is 0 Å². The van der Waals surface area contributed by atoms with Gasteiger partial charge in [-0.3, -0.25) is 4.79 Å². The lowest BCUT2D eigenvalue weighted by molar-refractivity contribution is 0.0458. The largest absolute Gasteiger partial charge is 0.483 e. The first-order chi connectivity index (χ1) is 15.7. The van der Waals surface area contributed by atoms with Crippen molar-refractivity contribution in [3.8, 4) is 5.75 Å². The second-order valence-electron chi connectivity index (χ2n) is 8.32. The van der Waals surface area contributed by atoms with Gasteiger partial charge in [0.2, 0.25) is 0 Å². The Morgan fingerprint density at radius 3 is 2.62 bits per heavy atom. The molecule has 2 atom stereocenters. The molecule has 2 aromatic carbocycles. The maximum Gasteiger partial charge on any atom is 0.163 e. The van der Waals surface area contributed by atoms with Crippen molar-refractivity contribution in [1.82, 2.24) is 9.55 Å². The molecular weight excluding hydrogens is 400 g/mol. The van der Waals surface area contributed by atoms with E-state index < -0.39 is 0 Å². The Kier molecular flexibility index (Phi) is 7.38. The highest BCUT2D eigenvalue weighted by Crippen LogP contribution is 2.40. The van der Waals surface area contributed by atoms with Crippen LogP contribution >= 0.6 is 0 Å².